The highest BCUT2D eigenvalue weighted by Crippen LogP contribution is 2.30. The molecular weight excluding hydrogens is 594 g/mol. The zero-order valence-electron chi connectivity index (χ0n) is 24.5. The first-order chi connectivity index (χ1) is 21.3. The molecule has 0 amide bonds. The van der Waals surface area contributed by atoms with E-state index in [0.717, 1.165) is 47.3 Å². The average Bonchev–Trinajstić information content (AvgIpc) is 3.62. The Kier molecular flexibility index (Phi) is 12.2. The van der Waals surface area contributed by atoms with Crippen molar-refractivity contribution in [2.75, 3.05) is 13.2 Å². The van der Waals surface area contributed by atoms with Crippen molar-refractivity contribution in [3.63, 3.8) is 0 Å². The van der Waals surface area contributed by atoms with Gasteiger partial charge in [0, 0.05) is 18.5 Å². The van der Waals surface area contributed by atoms with Crippen molar-refractivity contribution in [3.8, 4) is 22.5 Å². The fourth-order valence-electron chi connectivity index (χ4n) is 4.48. The zero-order chi connectivity index (χ0) is 31.5. The highest BCUT2D eigenvalue weighted by Gasteiger charge is 2.19. The number of benzene rings is 2. The Balaban J connectivity index is 1.41. The summed E-state index contributed by atoms with van der Waals surface area (Å²) in [4.78, 5) is 22.1. The number of rotatable bonds is 16. The van der Waals surface area contributed by atoms with E-state index in [-0.39, 0.29) is 25.2 Å². The number of imidazole rings is 1. The molecule has 4 rings (SSSR count). The highest BCUT2D eigenvalue weighted by molar-refractivity contribution is 6.30. The number of nitrogens with zero attached hydrogens (tertiary/aromatic N) is 7. The number of hydrogen-bond donors (Lipinski definition) is 3. The lowest BCUT2D eigenvalue weighted by Gasteiger charge is -2.13. The van der Waals surface area contributed by atoms with Crippen molar-refractivity contribution in [1.29, 1.82) is 0 Å². The van der Waals surface area contributed by atoms with E-state index < -0.39 is 12.4 Å². The molecule has 0 spiro atoms. The van der Waals surface area contributed by atoms with Crippen molar-refractivity contribution < 1.29 is 34.6 Å². The zero-order valence-corrected chi connectivity index (χ0v) is 25.3. The minimum absolute atomic E-state index is 0.0470. The number of aryl methyl sites for hydroxylation is 1. The molecule has 0 saturated heterocycles. The Labute approximate surface area is 259 Å². The van der Waals surface area contributed by atoms with Crippen LogP contribution >= 0.6 is 11.6 Å². The Morgan fingerprint density at radius 1 is 1.05 bits per heavy atom. The van der Waals surface area contributed by atoms with Crippen LogP contribution in [0.2, 0.25) is 5.15 Å². The summed E-state index contributed by atoms with van der Waals surface area (Å²) in [6, 6.07) is 15.7. The maximum absolute atomic E-state index is 12.1. The molecule has 14 nitrogen and oxygen atoms in total. The molecule has 0 bridgehead atoms. The van der Waals surface area contributed by atoms with Crippen LogP contribution in [0.25, 0.3) is 22.5 Å². The van der Waals surface area contributed by atoms with Crippen molar-refractivity contribution in [3.05, 3.63) is 70.8 Å². The molecule has 236 valence electrons. The molecule has 3 N–H and O–H groups in total. The Morgan fingerprint density at radius 3 is 2.48 bits per heavy atom. The summed E-state index contributed by atoms with van der Waals surface area (Å²) in [7, 11) is 0. The maximum Gasteiger partial charge on any atom is 0.510 e. The highest BCUT2D eigenvalue weighted by atomic mass is 35.5. The molecule has 15 heteroatoms. The first-order valence-corrected chi connectivity index (χ1v) is 14.7. The van der Waals surface area contributed by atoms with Gasteiger partial charge in [-0.1, -0.05) is 73.5 Å². The third-order valence-electron chi connectivity index (χ3n) is 6.77. The first kappa shape index (κ1) is 33.0. The fraction of sp³-hybridized carbons (Fsp3) is 0.414. The van der Waals surface area contributed by atoms with Crippen LogP contribution in [0.4, 0.5) is 4.79 Å². The number of hydrogen-bond acceptors (Lipinski definition) is 12. The van der Waals surface area contributed by atoms with E-state index in [4.69, 9.17) is 31.5 Å². The SMILES string of the molecule is CCCCc1nc(Cl)c(CO)n1Cc1ccc(-c2ccccc2-c2nnn(C(C)OC(=O)OCCCCON(O)O)n2)cc1. The van der Waals surface area contributed by atoms with Crippen LogP contribution in [0.5, 0.6) is 0 Å². The Hall–Kier alpha value is -3.92. The van der Waals surface area contributed by atoms with Gasteiger partial charge in [-0.2, -0.15) is 0 Å². The third-order valence-corrected chi connectivity index (χ3v) is 7.07. The van der Waals surface area contributed by atoms with Crippen molar-refractivity contribution in [2.45, 2.75) is 65.3 Å². The van der Waals surface area contributed by atoms with Gasteiger partial charge in [-0.05, 0) is 48.1 Å². The number of halogens is 1. The number of aliphatic hydroxyl groups excluding tert-OH is 1. The molecule has 0 aliphatic heterocycles. The second-order valence-electron chi connectivity index (χ2n) is 9.90. The van der Waals surface area contributed by atoms with E-state index in [1.807, 2.05) is 53.1 Å². The minimum atomic E-state index is -0.898. The summed E-state index contributed by atoms with van der Waals surface area (Å²) in [6.45, 7) is 4.17. The van der Waals surface area contributed by atoms with Gasteiger partial charge in [-0.15, -0.1) is 15.0 Å². The van der Waals surface area contributed by atoms with Crippen LogP contribution in [-0.2, 0) is 33.9 Å². The van der Waals surface area contributed by atoms with E-state index in [2.05, 4.69) is 32.2 Å². The predicted octanol–water partition coefficient (Wildman–Crippen LogP) is 5.20. The van der Waals surface area contributed by atoms with E-state index in [1.165, 1.54) is 4.80 Å². The average molecular weight is 630 g/mol. The topological polar surface area (TPSA) is 170 Å². The third kappa shape index (κ3) is 8.81. The van der Waals surface area contributed by atoms with E-state index in [9.17, 15) is 9.90 Å². The first-order valence-electron chi connectivity index (χ1n) is 14.3. The number of aliphatic hydroxyl groups is 1. The fourth-order valence-corrected chi connectivity index (χ4v) is 4.74. The lowest BCUT2D eigenvalue weighted by atomic mass is 9.98. The summed E-state index contributed by atoms with van der Waals surface area (Å²) < 4.78 is 12.3. The predicted molar refractivity (Wildman–Crippen MR) is 157 cm³/mol. The molecule has 0 saturated carbocycles. The van der Waals surface area contributed by atoms with Gasteiger partial charge in [-0.3, -0.25) is 15.3 Å². The van der Waals surface area contributed by atoms with E-state index in [0.29, 0.717) is 36.1 Å². The molecule has 0 radical (unpaired) electrons. The largest absolute Gasteiger partial charge is 0.510 e. The Morgan fingerprint density at radius 2 is 1.77 bits per heavy atom. The van der Waals surface area contributed by atoms with Crippen molar-refractivity contribution >= 4 is 17.8 Å². The molecule has 4 aromatic rings. The van der Waals surface area contributed by atoms with Gasteiger partial charge in [0.15, 0.2) is 5.15 Å². The van der Waals surface area contributed by atoms with Crippen molar-refractivity contribution in [2.24, 2.45) is 0 Å². The van der Waals surface area contributed by atoms with Gasteiger partial charge in [0.2, 0.25) is 12.1 Å². The number of carbonyl (C=O) groups is 1. The lowest BCUT2D eigenvalue weighted by molar-refractivity contribution is -0.492. The van der Waals surface area contributed by atoms with E-state index in [1.54, 1.807) is 6.92 Å². The summed E-state index contributed by atoms with van der Waals surface area (Å²) in [5.74, 6) is 1.22. The number of carbonyl (C=O) groups excluding carboxylic acids is 1. The van der Waals surface area contributed by atoms with Gasteiger partial charge in [0.05, 0.1) is 30.9 Å². The van der Waals surface area contributed by atoms with Gasteiger partial charge in [-0.25, -0.2) is 9.78 Å². The molecule has 2 heterocycles. The second-order valence-corrected chi connectivity index (χ2v) is 10.3. The monoisotopic (exact) mass is 629 g/mol. The van der Waals surface area contributed by atoms with Gasteiger partial charge in [0.1, 0.15) is 5.82 Å². The summed E-state index contributed by atoms with van der Waals surface area (Å²) in [6.07, 6.45) is 1.89. The van der Waals surface area contributed by atoms with Crippen LogP contribution in [-0.4, -0.2) is 70.0 Å². The molecule has 1 unspecified atom stereocenters. The number of aromatic nitrogens is 6. The standard InChI is InChI=1S/C29H36ClN7O7/c1-3-4-11-26-31-27(30)25(19-38)35(26)18-21-12-14-22(15-13-21)23-9-5-6-10-24(23)28-32-34-36(33-28)20(2)44-29(39)42-16-7-8-17-43-37(40)41/h5-6,9-10,12-15,20,38,40-41H,3-4,7-8,11,16-19H2,1-2H3. The molecular formula is C29H36ClN7O7. The lowest BCUT2D eigenvalue weighted by Crippen LogP contribution is -2.19. The van der Waals surface area contributed by atoms with Crippen LogP contribution in [0.15, 0.2) is 48.5 Å². The van der Waals surface area contributed by atoms with Crippen LogP contribution in [0.3, 0.4) is 0 Å². The summed E-state index contributed by atoms with van der Waals surface area (Å²) in [5, 5.41) is 39.5. The second kappa shape index (κ2) is 16.2. The summed E-state index contributed by atoms with van der Waals surface area (Å²) >= 11 is 6.31. The molecule has 0 aliphatic carbocycles. The number of unbranched alkanes of at least 4 members (excludes halogenated alkanes) is 2. The van der Waals surface area contributed by atoms with Crippen molar-refractivity contribution in [1.82, 2.24) is 35.1 Å². The minimum Gasteiger partial charge on any atom is -0.434 e. The molecule has 0 aliphatic rings. The normalized spacial score (nSPS) is 12.1. The molecule has 0 fully saturated rings. The number of tetrazole rings is 1. The maximum atomic E-state index is 12.1. The van der Waals surface area contributed by atoms with E-state index >= 15 is 0 Å². The molecule has 2 aromatic carbocycles. The van der Waals surface area contributed by atoms with Gasteiger partial charge < -0.3 is 19.1 Å². The summed E-state index contributed by atoms with van der Waals surface area (Å²) in [5.41, 5.74) is 4.23. The molecule has 44 heavy (non-hydrogen) atoms. The molecule has 1 atom stereocenters. The number of ether oxygens (including phenoxy) is 2. The van der Waals surface area contributed by atoms with Crippen LogP contribution in [0.1, 0.15) is 62.8 Å². The Bertz CT molecular complexity index is 1490. The molecule has 2 aromatic heterocycles. The van der Waals surface area contributed by atoms with Crippen LogP contribution < -0.4 is 0 Å². The quantitative estimate of drug-likeness (QED) is 0.0841. The van der Waals surface area contributed by atoms with Gasteiger partial charge in [0.25, 0.3) is 0 Å². The van der Waals surface area contributed by atoms with Crippen LogP contribution in [0, 0.1) is 0 Å². The van der Waals surface area contributed by atoms with Gasteiger partial charge >= 0.3 is 6.16 Å². The smallest absolute Gasteiger partial charge is 0.434 e.